The van der Waals surface area contributed by atoms with Gasteiger partial charge in [-0.25, -0.2) is 10.9 Å². The van der Waals surface area contributed by atoms with Gasteiger partial charge in [0.2, 0.25) is 0 Å². The fourth-order valence-electron chi connectivity index (χ4n) is 1.30. The molecule has 0 N–H and O–H groups in total. The van der Waals surface area contributed by atoms with Crippen molar-refractivity contribution in [2.45, 2.75) is 31.9 Å². The van der Waals surface area contributed by atoms with E-state index in [4.69, 9.17) is 0 Å². The topological polar surface area (TPSA) is 0 Å². The molecule has 0 saturated heterocycles. The lowest BCUT2D eigenvalue weighted by molar-refractivity contribution is 0.792. The van der Waals surface area contributed by atoms with E-state index in [1.54, 1.807) is 0 Å². The molecular weight excluding hydrogens is 140 g/mol. The minimum Gasteiger partial charge on any atom is -0.210 e. The van der Waals surface area contributed by atoms with Crippen LogP contribution < -0.4 is 0 Å². The summed E-state index contributed by atoms with van der Waals surface area (Å²) >= 11 is 0. The highest BCUT2D eigenvalue weighted by Crippen LogP contribution is 2.40. The Morgan fingerprint density at radius 2 is 1.60 bits per heavy atom. The van der Waals surface area contributed by atoms with Crippen molar-refractivity contribution in [3.8, 4) is 0 Å². The first kappa shape index (κ1) is 7.93. The van der Waals surface area contributed by atoms with Gasteiger partial charge in [0.05, 0.1) is 0 Å². The van der Waals surface area contributed by atoms with Gasteiger partial charge >= 0.3 is 0 Å². The zero-order valence-corrected chi connectivity index (χ0v) is 7.64. The number of allylic oxidation sites excluding steroid dienone is 2. The summed E-state index contributed by atoms with van der Waals surface area (Å²) in [4.78, 5) is 0. The van der Waals surface area contributed by atoms with Crippen LogP contribution in [0.1, 0.15) is 26.7 Å². The Labute approximate surface area is 66.4 Å². The van der Waals surface area contributed by atoms with Crippen LogP contribution in [-0.4, -0.2) is 5.25 Å². The molecule has 0 saturated carbocycles. The second-order valence-electron chi connectivity index (χ2n) is 2.60. The molecule has 0 atom stereocenters. The number of rotatable bonds is 3. The summed E-state index contributed by atoms with van der Waals surface area (Å²) in [5.41, 5.74) is 0. The average Bonchev–Trinajstić information content (AvgIpc) is 2.43. The molecule has 1 heterocycles. The predicted molar refractivity (Wildman–Crippen MR) is 51.6 cm³/mol. The van der Waals surface area contributed by atoms with Gasteiger partial charge in [-0.2, -0.15) is 0 Å². The normalized spacial score (nSPS) is 19.3. The van der Waals surface area contributed by atoms with Gasteiger partial charge in [-0.1, -0.05) is 26.0 Å². The van der Waals surface area contributed by atoms with E-state index in [9.17, 15) is 0 Å². The molecule has 0 aromatic rings. The molecule has 0 fully saturated rings. The molecule has 0 unspecified atom stereocenters. The van der Waals surface area contributed by atoms with Gasteiger partial charge in [0.1, 0.15) is 0 Å². The van der Waals surface area contributed by atoms with Crippen molar-refractivity contribution in [3.05, 3.63) is 23.0 Å². The fraction of sp³-hybridized carbons (Fsp3) is 0.556. The summed E-state index contributed by atoms with van der Waals surface area (Å²) in [6.45, 7) is 4.58. The Hall–Kier alpha value is -0.170. The Morgan fingerprint density at radius 3 is 2.00 bits per heavy atom. The molecule has 1 heteroatoms. The first-order valence-electron chi connectivity index (χ1n) is 4.01. The Balaban J connectivity index is 2.45. The molecule has 1 aliphatic rings. The first-order chi connectivity index (χ1) is 4.88. The molecule has 1 rings (SSSR count). The molecule has 1 aliphatic heterocycles. The summed E-state index contributed by atoms with van der Waals surface area (Å²) in [7, 11) is 0.130. The van der Waals surface area contributed by atoms with E-state index in [1.807, 2.05) is 0 Å². The van der Waals surface area contributed by atoms with Gasteiger partial charge in [0.15, 0.2) is 0 Å². The minimum absolute atomic E-state index is 0.130. The largest absolute Gasteiger partial charge is 0.210 e. The minimum atomic E-state index is 0.130. The lowest BCUT2D eigenvalue weighted by Crippen LogP contribution is -2.00. The van der Waals surface area contributed by atoms with Gasteiger partial charge in [-0.3, -0.25) is 0 Å². The fourth-order valence-corrected chi connectivity index (χ4v) is 3.33. The van der Waals surface area contributed by atoms with Crippen LogP contribution in [0.3, 0.4) is 0 Å². The summed E-state index contributed by atoms with van der Waals surface area (Å²) in [6.07, 6.45) is 7.03. The lowest BCUT2D eigenvalue weighted by atomic mass is 10.3. The summed E-state index contributed by atoms with van der Waals surface area (Å²) < 4.78 is 0. The SMILES string of the molecule is CCC(CC)[SH]1C=CC=C1. The molecule has 0 amide bonds. The van der Waals surface area contributed by atoms with Gasteiger partial charge < -0.3 is 0 Å². The van der Waals surface area contributed by atoms with Crippen molar-refractivity contribution in [2.75, 3.05) is 0 Å². The van der Waals surface area contributed by atoms with Crippen LogP contribution in [0.25, 0.3) is 0 Å². The highest BCUT2D eigenvalue weighted by Gasteiger charge is 2.09. The third-order valence-corrected chi connectivity index (χ3v) is 4.60. The molecule has 0 nitrogen and oxygen atoms in total. The molecule has 0 spiro atoms. The van der Waals surface area contributed by atoms with Crippen LogP contribution in [0.5, 0.6) is 0 Å². The smallest absolute Gasteiger partial charge is 0.00751 e. The Bertz CT molecular complexity index is 131. The number of hydrogen-bond donors (Lipinski definition) is 1. The van der Waals surface area contributed by atoms with E-state index in [1.165, 1.54) is 12.8 Å². The zero-order valence-electron chi connectivity index (χ0n) is 6.75. The molecule has 10 heavy (non-hydrogen) atoms. The van der Waals surface area contributed by atoms with E-state index in [2.05, 4.69) is 36.8 Å². The average molecular weight is 156 g/mol. The molecule has 0 bridgehead atoms. The lowest BCUT2D eigenvalue weighted by Gasteiger charge is -2.20. The van der Waals surface area contributed by atoms with Crippen LogP contribution in [0.4, 0.5) is 0 Å². The maximum absolute atomic E-state index is 2.37. The summed E-state index contributed by atoms with van der Waals surface area (Å²) in [6, 6.07) is 0. The third kappa shape index (κ3) is 1.66. The number of thiol groups is 1. The highest BCUT2D eigenvalue weighted by molar-refractivity contribution is 8.22. The van der Waals surface area contributed by atoms with Crippen LogP contribution >= 0.6 is 10.9 Å². The van der Waals surface area contributed by atoms with E-state index in [-0.39, 0.29) is 10.9 Å². The molecule has 0 aromatic heterocycles. The van der Waals surface area contributed by atoms with Crippen LogP contribution in [-0.2, 0) is 0 Å². The van der Waals surface area contributed by atoms with E-state index >= 15 is 0 Å². The molecule has 0 radical (unpaired) electrons. The van der Waals surface area contributed by atoms with Gasteiger partial charge in [-0.15, -0.1) is 0 Å². The zero-order chi connectivity index (χ0) is 7.40. The van der Waals surface area contributed by atoms with E-state index in [0.29, 0.717) is 0 Å². The standard InChI is InChI=1S/C9H16S/c1-3-9(4-2)10-7-5-6-8-10/h5-10H,3-4H2,1-2H3. The quantitative estimate of drug-likeness (QED) is 0.596. The van der Waals surface area contributed by atoms with Gasteiger partial charge in [0.25, 0.3) is 0 Å². The summed E-state index contributed by atoms with van der Waals surface area (Å²) in [5, 5.41) is 5.67. The maximum Gasteiger partial charge on any atom is -0.00751 e. The monoisotopic (exact) mass is 156 g/mol. The second kappa shape index (κ2) is 3.87. The predicted octanol–water partition coefficient (Wildman–Crippen LogP) is 3.22. The van der Waals surface area contributed by atoms with Crippen molar-refractivity contribution in [1.82, 2.24) is 0 Å². The van der Waals surface area contributed by atoms with Gasteiger partial charge in [0, 0.05) is 0 Å². The second-order valence-corrected chi connectivity index (χ2v) is 4.82. The van der Waals surface area contributed by atoms with Crippen LogP contribution in [0.2, 0.25) is 0 Å². The van der Waals surface area contributed by atoms with Crippen molar-refractivity contribution in [2.24, 2.45) is 0 Å². The van der Waals surface area contributed by atoms with Crippen molar-refractivity contribution in [3.63, 3.8) is 0 Å². The third-order valence-electron chi connectivity index (χ3n) is 1.99. The molecular formula is C9H16S. The first-order valence-corrected chi connectivity index (χ1v) is 5.55. The maximum atomic E-state index is 2.37. The molecule has 58 valence electrons. The number of hydrogen-bond acceptors (Lipinski definition) is 0. The van der Waals surface area contributed by atoms with E-state index < -0.39 is 0 Å². The highest BCUT2D eigenvalue weighted by atomic mass is 32.2. The Kier molecular flexibility index (Phi) is 3.07. The molecule has 0 aliphatic carbocycles. The Morgan fingerprint density at radius 1 is 1.10 bits per heavy atom. The van der Waals surface area contributed by atoms with Crippen molar-refractivity contribution < 1.29 is 0 Å². The van der Waals surface area contributed by atoms with Crippen LogP contribution in [0.15, 0.2) is 23.0 Å². The van der Waals surface area contributed by atoms with E-state index in [0.717, 1.165) is 5.25 Å². The van der Waals surface area contributed by atoms with Crippen LogP contribution in [0, 0.1) is 0 Å². The van der Waals surface area contributed by atoms with Crippen molar-refractivity contribution >= 4 is 10.9 Å². The summed E-state index contributed by atoms with van der Waals surface area (Å²) in [5.74, 6) is 0. The van der Waals surface area contributed by atoms with Crippen molar-refractivity contribution in [1.29, 1.82) is 0 Å². The van der Waals surface area contributed by atoms with Gasteiger partial charge in [-0.05, 0) is 28.9 Å². The molecule has 0 aromatic carbocycles.